The molecule has 0 saturated carbocycles. The van der Waals surface area contributed by atoms with Gasteiger partial charge in [0, 0.05) is 35.5 Å². The molecule has 1 fully saturated rings. The Labute approximate surface area is 216 Å². The lowest BCUT2D eigenvalue weighted by Crippen LogP contribution is -2.47. The lowest BCUT2D eigenvalue weighted by molar-refractivity contribution is 0.0801. The molecular weight excluding hydrogens is 463 g/mol. The number of ether oxygens (including phenoxy) is 1. The van der Waals surface area contributed by atoms with Crippen molar-refractivity contribution in [1.29, 1.82) is 5.26 Å². The number of rotatable bonds is 7. The number of nitriles is 1. The number of nitrogens with zero attached hydrogens (tertiary/aromatic N) is 3. The van der Waals surface area contributed by atoms with Crippen LogP contribution in [0, 0.1) is 17.2 Å². The van der Waals surface area contributed by atoms with Gasteiger partial charge in [-0.3, -0.25) is 9.49 Å². The van der Waals surface area contributed by atoms with Gasteiger partial charge in [0.25, 0.3) is 0 Å². The first kappa shape index (κ1) is 23.4. The van der Waals surface area contributed by atoms with E-state index in [0.717, 1.165) is 77.0 Å². The molecule has 4 aromatic rings. The van der Waals surface area contributed by atoms with Gasteiger partial charge in [0.15, 0.2) is 0 Å². The van der Waals surface area contributed by atoms with E-state index in [9.17, 15) is 9.65 Å². The lowest BCUT2D eigenvalue weighted by atomic mass is 9.85. The Balaban J connectivity index is 1.30. The molecule has 5 nitrogen and oxygen atoms in total. The molecular formula is C31H29FN4O. The van der Waals surface area contributed by atoms with Crippen LogP contribution in [0.1, 0.15) is 47.3 Å². The van der Waals surface area contributed by atoms with Crippen LogP contribution in [0.4, 0.5) is 4.39 Å². The Kier molecular flexibility index (Phi) is 6.23. The Bertz CT molecular complexity index is 1490. The molecule has 0 aliphatic carbocycles. The number of benzene rings is 3. The van der Waals surface area contributed by atoms with Crippen molar-refractivity contribution >= 4 is 22.0 Å². The summed E-state index contributed by atoms with van der Waals surface area (Å²) in [5.41, 5.74) is 8.33. The van der Waals surface area contributed by atoms with E-state index in [1.165, 1.54) is 5.56 Å². The number of fused-ring (bicyclic) bond motifs is 3. The number of allylic oxidation sites excluding steroid dienone is 1. The van der Waals surface area contributed by atoms with E-state index in [2.05, 4.69) is 52.4 Å². The van der Waals surface area contributed by atoms with Crippen LogP contribution in [0.25, 0.3) is 22.0 Å². The second-order valence-electron chi connectivity index (χ2n) is 10.1. The smallest absolute Gasteiger partial charge is 0.150 e. The molecule has 6 heteroatoms. The van der Waals surface area contributed by atoms with E-state index < -0.39 is 0 Å². The third kappa shape index (κ3) is 4.41. The van der Waals surface area contributed by atoms with E-state index in [-0.39, 0.29) is 18.7 Å². The molecule has 0 amide bonds. The van der Waals surface area contributed by atoms with Gasteiger partial charge in [-0.25, -0.2) is 0 Å². The fourth-order valence-electron chi connectivity index (χ4n) is 5.65. The average Bonchev–Trinajstić information content (AvgIpc) is 3.39. The summed E-state index contributed by atoms with van der Waals surface area (Å²) < 4.78 is 19.3. The number of aromatic nitrogens is 2. The molecule has 2 aliphatic rings. The summed E-state index contributed by atoms with van der Waals surface area (Å²) >= 11 is 0. The highest BCUT2D eigenvalue weighted by Gasteiger charge is 2.31. The summed E-state index contributed by atoms with van der Waals surface area (Å²) in [6, 6.07) is 22.7. The van der Waals surface area contributed by atoms with Gasteiger partial charge in [-0.1, -0.05) is 36.4 Å². The number of likely N-dealkylation sites (tertiary alicyclic amines) is 1. The van der Waals surface area contributed by atoms with Gasteiger partial charge in [-0.2, -0.15) is 10.4 Å². The van der Waals surface area contributed by atoms with Crippen LogP contribution in [-0.2, 0) is 6.42 Å². The molecule has 3 heterocycles. The predicted octanol–water partition coefficient (Wildman–Crippen LogP) is 6.33. The first-order chi connectivity index (χ1) is 18.1. The Morgan fingerprint density at radius 3 is 2.59 bits per heavy atom. The van der Waals surface area contributed by atoms with E-state index in [0.29, 0.717) is 5.56 Å². The summed E-state index contributed by atoms with van der Waals surface area (Å²) in [4.78, 5) is 2.33. The molecule has 37 heavy (non-hydrogen) atoms. The van der Waals surface area contributed by atoms with Crippen LogP contribution in [-0.4, -0.2) is 41.4 Å². The highest BCUT2D eigenvalue weighted by atomic mass is 19.1. The van der Waals surface area contributed by atoms with Crippen LogP contribution in [0.3, 0.4) is 0 Å². The van der Waals surface area contributed by atoms with Gasteiger partial charge < -0.3 is 9.64 Å². The summed E-state index contributed by atoms with van der Waals surface area (Å²) in [6.45, 7) is 4.76. The monoisotopic (exact) mass is 492 g/mol. The summed E-state index contributed by atoms with van der Waals surface area (Å²) in [5.74, 6) is 1.09. The number of alkyl halides is 1. The van der Waals surface area contributed by atoms with Crippen LogP contribution in [0.15, 0.2) is 66.9 Å². The Morgan fingerprint density at radius 1 is 1.08 bits per heavy atom. The Hall–Kier alpha value is -3.95. The first-order valence-corrected chi connectivity index (χ1v) is 12.9. The van der Waals surface area contributed by atoms with Crippen molar-refractivity contribution < 1.29 is 9.13 Å². The largest absolute Gasteiger partial charge is 0.480 e. The fourth-order valence-corrected chi connectivity index (χ4v) is 5.65. The maximum atomic E-state index is 12.7. The third-order valence-electron chi connectivity index (χ3n) is 7.67. The topological polar surface area (TPSA) is 64.9 Å². The zero-order valence-electron chi connectivity index (χ0n) is 20.9. The average molecular weight is 493 g/mol. The van der Waals surface area contributed by atoms with E-state index in [4.69, 9.17) is 4.74 Å². The molecule has 3 aromatic carbocycles. The standard InChI is InChI=1S/C31H29FN4O/c1-20-29(24-8-6-22(16-33)7-9-24)31(37-28-13-12-27-26(30(20)28)17-34-35-27)25-10-4-21(5-11-25)3-2-14-36-18-23(15-32)19-36/h4-13,17,23,31H,2-3,14-15,18-19H2,1H3,(H,34,35). The minimum absolute atomic E-state index is 0.197. The van der Waals surface area contributed by atoms with Gasteiger partial charge in [-0.15, -0.1) is 0 Å². The molecule has 1 unspecified atom stereocenters. The molecule has 1 aromatic heterocycles. The van der Waals surface area contributed by atoms with Crippen molar-refractivity contribution in [2.45, 2.75) is 25.9 Å². The fraction of sp³-hybridized carbons (Fsp3) is 0.290. The quantitative estimate of drug-likeness (QED) is 0.327. The number of H-pyrrole nitrogens is 1. The van der Waals surface area contributed by atoms with Crippen LogP contribution < -0.4 is 4.74 Å². The molecule has 0 radical (unpaired) electrons. The number of aryl methyl sites for hydroxylation is 1. The summed E-state index contributed by atoms with van der Waals surface area (Å²) in [5, 5.41) is 17.6. The van der Waals surface area contributed by atoms with Crippen LogP contribution in [0.5, 0.6) is 5.75 Å². The highest BCUT2D eigenvalue weighted by molar-refractivity contribution is 6.04. The molecule has 0 spiro atoms. The van der Waals surface area contributed by atoms with Crippen molar-refractivity contribution in [2.75, 3.05) is 26.3 Å². The highest BCUT2D eigenvalue weighted by Crippen LogP contribution is 2.48. The van der Waals surface area contributed by atoms with Crippen molar-refractivity contribution in [3.63, 3.8) is 0 Å². The van der Waals surface area contributed by atoms with Gasteiger partial charge in [0.2, 0.25) is 0 Å². The molecule has 1 atom stereocenters. The predicted molar refractivity (Wildman–Crippen MR) is 144 cm³/mol. The first-order valence-electron chi connectivity index (χ1n) is 12.9. The van der Waals surface area contributed by atoms with E-state index in [1.807, 2.05) is 42.6 Å². The molecule has 2 aliphatic heterocycles. The SMILES string of the molecule is CC1=C(c2ccc(C#N)cc2)C(c2ccc(CCCN3CC(CF)C3)cc2)Oc2ccc3[nH]ncc3c21. The minimum atomic E-state index is -0.266. The van der Waals surface area contributed by atoms with Gasteiger partial charge in [0.05, 0.1) is 30.0 Å². The number of hydrogen-bond donors (Lipinski definition) is 1. The normalized spacial score (nSPS) is 17.8. The minimum Gasteiger partial charge on any atom is -0.480 e. The zero-order valence-corrected chi connectivity index (χ0v) is 20.9. The van der Waals surface area contributed by atoms with Gasteiger partial charge >= 0.3 is 0 Å². The number of hydrogen-bond acceptors (Lipinski definition) is 4. The van der Waals surface area contributed by atoms with E-state index in [1.54, 1.807) is 0 Å². The number of nitrogens with one attached hydrogen (secondary N) is 1. The van der Waals surface area contributed by atoms with Crippen LogP contribution in [0.2, 0.25) is 0 Å². The van der Waals surface area contributed by atoms with E-state index >= 15 is 0 Å². The molecule has 186 valence electrons. The lowest BCUT2D eigenvalue weighted by Gasteiger charge is -2.37. The summed E-state index contributed by atoms with van der Waals surface area (Å²) in [6.07, 6.45) is 3.66. The summed E-state index contributed by atoms with van der Waals surface area (Å²) in [7, 11) is 0. The molecule has 6 rings (SSSR count). The van der Waals surface area contributed by atoms with Crippen LogP contribution >= 0.6 is 0 Å². The Morgan fingerprint density at radius 2 is 1.86 bits per heavy atom. The van der Waals surface area contributed by atoms with Crippen molar-refractivity contribution in [3.05, 3.63) is 94.7 Å². The molecule has 0 bridgehead atoms. The molecule has 1 N–H and O–H groups in total. The van der Waals surface area contributed by atoms with Crippen molar-refractivity contribution in [3.8, 4) is 11.8 Å². The number of halogens is 1. The van der Waals surface area contributed by atoms with Gasteiger partial charge in [-0.05, 0) is 72.8 Å². The molecule has 1 saturated heterocycles. The number of aromatic amines is 1. The third-order valence-corrected chi connectivity index (χ3v) is 7.67. The van der Waals surface area contributed by atoms with Crippen molar-refractivity contribution in [1.82, 2.24) is 15.1 Å². The van der Waals surface area contributed by atoms with Crippen molar-refractivity contribution in [2.24, 2.45) is 5.92 Å². The second-order valence-corrected chi connectivity index (χ2v) is 10.1. The zero-order chi connectivity index (χ0) is 25.4. The van der Waals surface area contributed by atoms with Gasteiger partial charge in [0.1, 0.15) is 11.9 Å². The maximum Gasteiger partial charge on any atom is 0.150 e. The maximum absolute atomic E-state index is 12.7. The second kappa shape index (κ2) is 9.84.